The van der Waals surface area contributed by atoms with Crippen LogP contribution >= 0.6 is 34.8 Å². The van der Waals surface area contributed by atoms with E-state index in [-0.39, 0.29) is 11.7 Å². The first-order valence-corrected chi connectivity index (χ1v) is 8.35. The van der Waals surface area contributed by atoms with E-state index < -0.39 is 0 Å². The lowest BCUT2D eigenvalue weighted by Gasteiger charge is -2.16. The highest BCUT2D eigenvalue weighted by Gasteiger charge is 2.36. The van der Waals surface area contributed by atoms with Crippen molar-refractivity contribution >= 4 is 57.6 Å². The third kappa shape index (κ3) is 2.96. The number of benzene rings is 2. The van der Waals surface area contributed by atoms with Gasteiger partial charge < -0.3 is 10.0 Å². The van der Waals surface area contributed by atoms with Crippen LogP contribution in [0.2, 0.25) is 0 Å². The van der Waals surface area contributed by atoms with Crippen molar-refractivity contribution in [2.75, 3.05) is 11.9 Å². The normalized spacial score (nSPS) is 16.5. The fraction of sp³-hybridized carbons (Fsp3) is 0.0588. The molecule has 0 saturated carbocycles. The van der Waals surface area contributed by atoms with Crippen LogP contribution in [0.1, 0.15) is 5.56 Å². The minimum atomic E-state index is -0.160. The molecule has 23 heavy (non-hydrogen) atoms. The van der Waals surface area contributed by atoms with Gasteiger partial charge in [-0.3, -0.25) is 9.69 Å². The Morgan fingerprint density at radius 2 is 1.87 bits per heavy atom. The van der Waals surface area contributed by atoms with Crippen LogP contribution in [0.4, 0.5) is 5.69 Å². The van der Waals surface area contributed by atoms with Crippen molar-refractivity contribution in [2.45, 2.75) is 0 Å². The summed E-state index contributed by atoms with van der Waals surface area (Å²) in [6.45, 7) is 0. The molecule has 0 unspecified atom stereocenters. The van der Waals surface area contributed by atoms with Gasteiger partial charge in [-0.2, -0.15) is 0 Å². The van der Waals surface area contributed by atoms with Crippen LogP contribution in [0, 0.1) is 3.57 Å². The Labute approximate surface area is 153 Å². The number of halogens is 1. The van der Waals surface area contributed by atoms with E-state index in [1.165, 1.54) is 4.90 Å². The Morgan fingerprint density at radius 3 is 2.52 bits per heavy atom. The fourth-order valence-electron chi connectivity index (χ4n) is 2.33. The van der Waals surface area contributed by atoms with Crippen molar-refractivity contribution in [3.8, 4) is 5.75 Å². The molecule has 116 valence electrons. The second-order valence-electron chi connectivity index (χ2n) is 5.06. The van der Waals surface area contributed by atoms with Crippen LogP contribution in [-0.2, 0) is 4.79 Å². The number of aromatic hydroxyl groups is 1. The number of carbonyl (C=O) groups excluding carboxylic acids is 1. The number of phenols is 1. The zero-order valence-electron chi connectivity index (χ0n) is 12.2. The van der Waals surface area contributed by atoms with Gasteiger partial charge >= 0.3 is 0 Å². The number of para-hydroxylation sites is 1. The van der Waals surface area contributed by atoms with Crippen molar-refractivity contribution in [1.29, 1.82) is 0 Å². The number of anilines is 1. The average molecular weight is 436 g/mol. The predicted octanol–water partition coefficient (Wildman–Crippen LogP) is 3.60. The van der Waals surface area contributed by atoms with Crippen molar-refractivity contribution in [2.24, 2.45) is 0 Å². The van der Waals surface area contributed by atoms with Gasteiger partial charge in [-0.05, 0) is 70.7 Å². The van der Waals surface area contributed by atoms with Gasteiger partial charge in [0.05, 0.1) is 9.26 Å². The van der Waals surface area contributed by atoms with Crippen LogP contribution in [0.25, 0.3) is 6.08 Å². The summed E-state index contributed by atoms with van der Waals surface area (Å²) in [5.74, 6) is 0.0621. The summed E-state index contributed by atoms with van der Waals surface area (Å²) in [7, 11) is 1.78. The molecule has 0 aromatic heterocycles. The Balaban J connectivity index is 2.00. The predicted molar refractivity (Wildman–Crippen MR) is 103 cm³/mol. The second-order valence-corrected chi connectivity index (χ2v) is 6.59. The molecule has 0 atom stereocenters. The van der Waals surface area contributed by atoms with Crippen molar-refractivity contribution in [3.63, 3.8) is 0 Å². The average Bonchev–Trinajstić information content (AvgIpc) is 2.75. The molecular formula is C17H13IN2O2S. The van der Waals surface area contributed by atoms with E-state index in [0.29, 0.717) is 10.8 Å². The smallest absolute Gasteiger partial charge is 0.281 e. The number of carbonyl (C=O) groups is 1. The highest BCUT2D eigenvalue weighted by atomic mass is 127. The van der Waals surface area contributed by atoms with Crippen LogP contribution in [0.3, 0.4) is 0 Å². The molecule has 0 aliphatic carbocycles. The van der Waals surface area contributed by atoms with Crippen LogP contribution < -0.4 is 4.90 Å². The van der Waals surface area contributed by atoms with Crippen LogP contribution in [0.5, 0.6) is 5.75 Å². The van der Waals surface area contributed by atoms with Crippen molar-refractivity contribution < 1.29 is 9.90 Å². The summed E-state index contributed by atoms with van der Waals surface area (Å²) in [4.78, 5) is 16.0. The van der Waals surface area contributed by atoms with E-state index in [2.05, 4.69) is 22.6 Å². The zero-order valence-corrected chi connectivity index (χ0v) is 15.2. The lowest BCUT2D eigenvalue weighted by Crippen LogP contribution is -2.30. The Kier molecular flexibility index (Phi) is 4.36. The van der Waals surface area contributed by atoms with Gasteiger partial charge in [0.2, 0.25) is 0 Å². The maximum absolute atomic E-state index is 12.8. The number of rotatable bonds is 2. The molecular weight excluding hydrogens is 423 g/mol. The van der Waals surface area contributed by atoms with Crippen molar-refractivity contribution in [3.05, 3.63) is 63.4 Å². The molecule has 1 fully saturated rings. The summed E-state index contributed by atoms with van der Waals surface area (Å²) in [6.07, 6.45) is 1.78. The minimum absolute atomic E-state index is 0.160. The van der Waals surface area contributed by atoms with Crippen molar-refractivity contribution in [1.82, 2.24) is 4.90 Å². The van der Waals surface area contributed by atoms with Gasteiger partial charge in [-0.15, -0.1) is 0 Å². The summed E-state index contributed by atoms with van der Waals surface area (Å²) in [5.41, 5.74) is 2.08. The molecule has 0 radical (unpaired) electrons. The molecule has 6 heteroatoms. The van der Waals surface area contributed by atoms with Gasteiger partial charge in [-0.1, -0.05) is 24.3 Å². The summed E-state index contributed by atoms with van der Waals surface area (Å²) < 4.78 is 0.729. The molecule has 4 nitrogen and oxygen atoms in total. The molecule has 2 aromatic carbocycles. The van der Waals surface area contributed by atoms with E-state index in [9.17, 15) is 9.90 Å². The third-order valence-corrected chi connectivity index (χ3v) is 4.87. The molecule has 1 amide bonds. The molecule has 0 spiro atoms. The van der Waals surface area contributed by atoms with E-state index in [4.69, 9.17) is 12.2 Å². The monoisotopic (exact) mass is 436 g/mol. The summed E-state index contributed by atoms with van der Waals surface area (Å²) in [5, 5.41) is 10.1. The molecule has 3 rings (SSSR count). The maximum Gasteiger partial charge on any atom is 0.281 e. The molecule has 0 bridgehead atoms. The quantitative estimate of drug-likeness (QED) is 0.444. The molecule has 2 aromatic rings. The van der Waals surface area contributed by atoms with Gasteiger partial charge in [-0.25, -0.2) is 0 Å². The van der Waals surface area contributed by atoms with E-state index in [1.54, 1.807) is 30.2 Å². The van der Waals surface area contributed by atoms with Crippen LogP contribution in [-0.4, -0.2) is 28.1 Å². The van der Waals surface area contributed by atoms with Crippen LogP contribution in [0.15, 0.2) is 54.2 Å². The first kappa shape index (κ1) is 15.9. The topological polar surface area (TPSA) is 43.8 Å². The summed E-state index contributed by atoms with van der Waals surface area (Å²) >= 11 is 7.46. The minimum Gasteiger partial charge on any atom is -0.507 e. The maximum atomic E-state index is 12.8. The fourth-order valence-corrected chi connectivity index (χ4v) is 3.16. The number of hydrogen-bond acceptors (Lipinski definition) is 3. The largest absolute Gasteiger partial charge is 0.507 e. The number of nitrogens with zero attached hydrogens (tertiary/aromatic N) is 2. The molecule has 1 saturated heterocycles. The van der Waals surface area contributed by atoms with Gasteiger partial charge in [0.25, 0.3) is 5.91 Å². The summed E-state index contributed by atoms with van der Waals surface area (Å²) in [6, 6.07) is 14.5. The molecule has 1 aliphatic heterocycles. The number of amides is 1. The zero-order chi connectivity index (χ0) is 16.6. The standard InChI is InChI=1S/C17H13IN2O2S/c1-19-14(10-11-7-8-15(21)13(18)9-11)16(22)20(17(19)23)12-5-3-2-4-6-12/h2-10,21H,1H3. The number of hydrogen-bond donors (Lipinski definition) is 1. The van der Waals surface area contributed by atoms with Gasteiger partial charge in [0.1, 0.15) is 11.4 Å². The first-order valence-electron chi connectivity index (χ1n) is 6.86. The molecule has 1 N–H and O–H groups in total. The highest BCUT2D eigenvalue weighted by Crippen LogP contribution is 2.28. The van der Waals surface area contributed by atoms with E-state index >= 15 is 0 Å². The Hall–Kier alpha value is -1.93. The second kappa shape index (κ2) is 6.29. The SMILES string of the molecule is CN1C(=S)N(c2ccccc2)C(=O)C1=Cc1ccc(O)c(I)c1. The highest BCUT2D eigenvalue weighted by molar-refractivity contribution is 14.1. The Bertz CT molecular complexity index is 821. The lowest BCUT2D eigenvalue weighted by atomic mass is 10.1. The number of thiocarbonyl (C=S) groups is 1. The van der Waals surface area contributed by atoms with Gasteiger partial charge in [0.15, 0.2) is 5.11 Å². The first-order chi connectivity index (χ1) is 11.0. The third-order valence-electron chi connectivity index (χ3n) is 3.55. The molecule has 1 aliphatic rings. The lowest BCUT2D eigenvalue weighted by molar-refractivity contribution is -0.114. The number of phenolic OH excluding ortho intramolecular Hbond substituents is 1. The number of likely N-dealkylation sites (N-methyl/N-ethyl adjacent to an activating group) is 1. The Morgan fingerprint density at radius 1 is 1.17 bits per heavy atom. The van der Waals surface area contributed by atoms with E-state index in [0.717, 1.165) is 14.8 Å². The van der Waals surface area contributed by atoms with Gasteiger partial charge in [0, 0.05) is 7.05 Å². The molecule has 1 heterocycles. The van der Waals surface area contributed by atoms with E-state index in [1.807, 2.05) is 36.4 Å².